The molecule has 2 aromatic rings. The van der Waals surface area contributed by atoms with Crippen molar-refractivity contribution in [2.45, 2.75) is 27.2 Å². The lowest BCUT2D eigenvalue weighted by Crippen LogP contribution is -1.97. The molecule has 0 aliphatic rings. The molecule has 106 valence electrons. The van der Waals surface area contributed by atoms with E-state index in [2.05, 4.69) is 19.9 Å². The van der Waals surface area contributed by atoms with Gasteiger partial charge in [0.2, 0.25) is 0 Å². The summed E-state index contributed by atoms with van der Waals surface area (Å²) in [6.07, 6.45) is 0.960. The zero-order chi connectivity index (χ0) is 14.5. The molecule has 0 aromatic heterocycles. The van der Waals surface area contributed by atoms with Crippen LogP contribution in [0.5, 0.6) is 17.2 Å². The van der Waals surface area contributed by atoms with E-state index in [0.29, 0.717) is 18.0 Å². The molecule has 0 atom stereocenters. The number of nitrogen functional groups attached to an aromatic ring is 1. The van der Waals surface area contributed by atoms with Crippen molar-refractivity contribution >= 4 is 5.69 Å². The molecular formula is C17H21NO2. The van der Waals surface area contributed by atoms with Crippen molar-refractivity contribution in [3.63, 3.8) is 0 Å². The van der Waals surface area contributed by atoms with E-state index in [1.165, 1.54) is 5.56 Å². The minimum Gasteiger partial charge on any atom is -0.493 e. The first kappa shape index (κ1) is 14.3. The van der Waals surface area contributed by atoms with Gasteiger partial charge in [0.25, 0.3) is 0 Å². The lowest BCUT2D eigenvalue weighted by atomic mass is 10.1. The minimum absolute atomic E-state index is 0.638. The molecule has 0 fully saturated rings. The lowest BCUT2D eigenvalue weighted by Gasteiger charge is -2.13. The first-order valence-electron chi connectivity index (χ1n) is 6.87. The smallest absolute Gasteiger partial charge is 0.133 e. The molecule has 20 heavy (non-hydrogen) atoms. The van der Waals surface area contributed by atoms with Crippen LogP contribution in [0.3, 0.4) is 0 Å². The van der Waals surface area contributed by atoms with E-state index >= 15 is 0 Å². The van der Waals surface area contributed by atoms with E-state index in [-0.39, 0.29) is 0 Å². The van der Waals surface area contributed by atoms with Gasteiger partial charge in [-0.3, -0.25) is 0 Å². The SMILES string of the molecule is CCCOc1cc(N)cc(Oc2cccc(C)c2C)c1. The number of ether oxygens (including phenoxy) is 2. The van der Waals surface area contributed by atoms with E-state index < -0.39 is 0 Å². The molecule has 0 saturated heterocycles. The van der Waals surface area contributed by atoms with Crippen LogP contribution in [0.4, 0.5) is 5.69 Å². The Morgan fingerprint density at radius 2 is 1.80 bits per heavy atom. The molecule has 2 N–H and O–H groups in total. The molecule has 0 radical (unpaired) electrons. The highest BCUT2D eigenvalue weighted by molar-refractivity contribution is 5.52. The van der Waals surface area contributed by atoms with Crippen LogP contribution in [-0.4, -0.2) is 6.61 Å². The molecule has 0 amide bonds. The monoisotopic (exact) mass is 271 g/mol. The molecule has 0 bridgehead atoms. The molecule has 0 aliphatic heterocycles. The van der Waals surface area contributed by atoms with Gasteiger partial charge in [-0.2, -0.15) is 0 Å². The Bertz CT molecular complexity index is 594. The average molecular weight is 271 g/mol. The number of anilines is 1. The lowest BCUT2D eigenvalue weighted by molar-refractivity contribution is 0.316. The highest BCUT2D eigenvalue weighted by Gasteiger charge is 2.06. The minimum atomic E-state index is 0.638. The Morgan fingerprint density at radius 1 is 1.05 bits per heavy atom. The van der Waals surface area contributed by atoms with E-state index in [0.717, 1.165) is 23.5 Å². The summed E-state index contributed by atoms with van der Waals surface area (Å²) < 4.78 is 11.5. The maximum atomic E-state index is 5.93. The molecule has 0 unspecified atom stereocenters. The van der Waals surface area contributed by atoms with Crippen LogP contribution >= 0.6 is 0 Å². The summed E-state index contributed by atoms with van der Waals surface area (Å²) >= 11 is 0. The van der Waals surface area contributed by atoms with Crippen molar-refractivity contribution in [2.24, 2.45) is 0 Å². The van der Waals surface area contributed by atoms with E-state index in [1.807, 2.05) is 31.2 Å². The van der Waals surface area contributed by atoms with Crippen LogP contribution in [0.1, 0.15) is 24.5 Å². The zero-order valence-electron chi connectivity index (χ0n) is 12.3. The third-order valence-corrected chi connectivity index (χ3v) is 3.16. The average Bonchev–Trinajstić information content (AvgIpc) is 2.41. The Morgan fingerprint density at radius 3 is 2.55 bits per heavy atom. The third-order valence-electron chi connectivity index (χ3n) is 3.16. The fraction of sp³-hybridized carbons (Fsp3) is 0.294. The molecule has 3 nitrogen and oxygen atoms in total. The summed E-state index contributed by atoms with van der Waals surface area (Å²) in [5.41, 5.74) is 8.86. The number of hydrogen-bond donors (Lipinski definition) is 1. The Labute approximate surface area is 120 Å². The third kappa shape index (κ3) is 3.44. The van der Waals surface area contributed by atoms with Gasteiger partial charge in [0.1, 0.15) is 17.2 Å². The van der Waals surface area contributed by atoms with Gasteiger partial charge >= 0.3 is 0 Å². The van der Waals surface area contributed by atoms with Gasteiger partial charge < -0.3 is 15.2 Å². The molecule has 2 aromatic carbocycles. The van der Waals surface area contributed by atoms with Crippen LogP contribution in [0, 0.1) is 13.8 Å². The van der Waals surface area contributed by atoms with Crippen LogP contribution in [0.2, 0.25) is 0 Å². The molecule has 0 heterocycles. The van der Waals surface area contributed by atoms with Crippen molar-refractivity contribution in [2.75, 3.05) is 12.3 Å². The van der Waals surface area contributed by atoms with Gasteiger partial charge in [-0.25, -0.2) is 0 Å². The van der Waals surface area contributed by atoms with Gasteiger partial charge in [-0.15, -0.1) is 0 Å². The number of rotatable bonds is 5. The van der Waals surface area contributed by atoms with Crippen molar-refractivity contribution in [1.29, 1.82) is 0 Å². The molecule has 0 aliphatic carbocycles. The Balaban J connectivity index is 2.24. The van der Waals surface area contributed by atoms with Crippen LogP contribution in [0.25, 0.3) is 0 Å². The van der Waals surface area contributed by atoms with Crippen LogP contribution in [0.15, 0.2) is 36.4 Å². The summed E-state index contributed by atoms with van der Waals surface area (Å²) in [6.45, 7) is 6.86. The van der Waals surface area contributed by atoms with Gasteiger partial charge in [-0.05, 0) is 37.5 Å². The van der Waals surface area contributed by atoms with E-state index in [4.69, 9.17) is 15.2 Å². The first-order chi connectivity index (χ1) is 9.60. The topological polar surface area (TPSA) is 44.5 Å². The fourth-order valence-corrected chi connectivity index (χ4v) is 1.92. The van der Waals surface area contributed by atoms with Crippen LogP contribution < -0.4 is 15.2 Å². The molecule has 2 rings (SSSR count). The summed E-state index contributed by atoms with van der Waals surface area (Å²) in [7, 11) is 0. The predicted molar refractivity (Wildman–Crippen MR) is 82.6 cm³/mol. The van der Waals surface area contributed by atoms with Crippen molar-refractivity contribution in [1.82, 2.24) is 0 Å². The maximum Gasteiger partial charge on any atom is 0.133 e. The van der Waals surface area contributed by atoms with Crippen LogP contribution in [-0.2, 0) is 0 Å². The number of hydrogen-bond acceptors (Lipinski definition) is 3. The summed E-state index contributed by atoms with van der Waals surface area (Å²) in [4.78, 5) is 0. The number of nitrogens with two attached hydrogens (primary N) is 1. The van der Waals surface area contributed by atoms with Gasteiger partial charge in [0.15, 0.2) is 0 Å². The van der Waals surface area contributed by atoms with Gasteiger partial charge in [0, 0.05) is 23.9 Å². The second-order valence-corrected chi connectivity index (χ2v) is 4.89. The quantitative estimate of drug-likeness (QED) is 0.816. The molecule has 3 heteroatoms. The molecular weight excluding hydrogens is 250 g/mol. The van der Waals surface area contributed by atoms with E-state index in [9.17, 15) is 0 Å². The van der Waals surface area contributed by atoms with Crippen molar-refractivity contribution in [3.05, 3.63) is 47.5 Å². The highest BCUT2D eigenvalue weighted by atomic mass is 16.5. The molecule has 0 saturated carbocycles. The maximum absolute atomic E-state index is 5.93. The second kappa shape index (κ2) is 6.33. The second-order valence-electron chi connectivity index (χ2n) is 4.89. The standard InChI is InChI=1S/C17H21NO2/c1-4-8-19-15-9-14(18)10-16(11-15)20-17-7-5-6-12(2)13(17)3/h5-7,9-11H,4,8,18H2,1-3H3. The van der Waals surface area contributed by atoms with Crippen molar-refractivity contribution < 1.29 is 9.47 Å². The highest BCUT2D eigenvalue weighted by Crippen LogP contribution is 2.31. The first-order valence-corrected chi connectivity index (χ1v) is 6.87. The van der Waals surface area contributed by atoms with Gasteiger partial charge in [-0.1, -0.05) is 19.1 Å². The Kier molecular flexibility index (Phi) is 4.51. The summed E-state index contributed by atoms with van der Waals surface area (Å²) in [5.74, 6) is 2.29. The normalized spacial score (nSPS) is 10.3. The summed E-state index contributed by atoms with van der Waals surface area (Å²) in [5, 5.41) is 0. The van der Waals surface area contributed by atoms with Crippen molar-refractivity contribution in [3.8, 4) is 17.2 Å². The Hall–Kier alpha value is -2.16. The summed E-state index contributed by atoms with van der Waals surface area (Å²) in [6, 6.07) is 11.5. The predicted octanol–water partition coefficient (Wildman–Crippen LogP) is 4.47. The van der Waals surface area contributed by atoms with E-state index in [1.54, 1.807) is 6.07 Å². The largest absolute Gasteiger partial charge is 0.493 e. The molecule has 0 spiro atoms. The number of benzene rings is 2. The fourth-order valence-electron chi connectivity index (χ4n) is 1.92. The zero-order valence-corrected chi connectivity index (χ0v) is 12.3. The number of aryl methyl sites for hydroxylation is 1. The van der Waals surface area contributed by atoms with Gasteiger partial charge in [0.05, 0.1) is 6.61 Å².